The molecule has 6 heteroatoms. The molecule has 0 aliphatic carbocycles. The maximum absolute atomic E-state index is 12.3. The molecule has 1 aliphatic rings. The Labute approximate surface area is 137 Å². The predicted octanol–water partition coefficient (Wildman–Crippen LogP) is 4.16. The van der Waals surface area contributed by atoms with E-state index in [0.29, 0.717) is 10.6 Å². The Morgan fingerprint density at radius 2 is 2.09 bits per heavy atom. The molecule has 0 saturated carbocycles. The van der Waals surface area contributed by atoms with Crippen molar-refractivity contribution in [3.63, 3.8) is 0 Å². The number of aryl methyl sites for hydroxylation is 1. The van der Waals surface area contributed by atoms with Crippen LogP contribution in [0.4, 0.5) is 0 Å². The van der Waals surface area contributed by atoms with Gasteiger partial charge in [-0.15, -0.1) is 0 Å². The van der Waals surface area contributed by atoms with Crippen molar-refractivity contribution in [2.24, 2.45) is 0 Å². The predicted molar refractivity (Wildman–Crippen MR) is 89.5 cm³/mol. The smallest absolute Gasteiger partial charge is 0.224 e. The lowest BCUT2D eigenvalue weighted by Crippen LogP contribution is -2.14. The van der Waals surface area contributed by atoms with E-state index in [1.54, 1.807) is 17.1 Å². The monoisotopic (exact) mass is 334 g/mol. The van der Waals surface area contributed by atoms with Crippen LogP contribution in [0.25, 0.3) is 11.3 Å². The number of benzene rings is 1. The molecule has 1 aromatic carbocycles. The van der Waals surface area contributed by atoms with Crippen LogP contribution in [0, 0.1) is 6.92 Å². The summed E-state index contributed by atoms with van der Waals surface area (Å²) < 4.78 is 1.05. The number of aliphatic hydroxyl groups is 1. The van der Waals surface area contributed by atoms with Gasteiger partial charge in [0.2, 0.25) is 5.12 Å². The van der Waals surface area contributed by atoms with Gasteiger partial charge in [-0.3, -0.25) is 4.79 Å². The molecular weight excluding hydrogens is 320 g/mol. The van der Waals surface area contributed by atoms with Gasteiger partial charge >= 0.3 is 0 Å². The van der Waals surface area contributed by atoms with Crippen LogP contribution in [-0.4, -0.2) is 24.7 Å². The molecule has 0 fully saturated rings. The average Bonchev–Trinajstić information content (AvgIpc) is 2.94. The lowest BCUT2D eigenvalue weighted by molar-refractivity contribution is -0.106. The van der Waals surface area contributed by atoms with Crippen molar-refractivity contribution < 1.29 is 9.90 Å². The zero-order valence-corrected chi connectivity index (χ0v) is 14.0. The highest BCUT2D eigenvalue weighted by atomic mass is 35.5. The number of halogens is 1. The summed E-state index contributed by atoms with van der Waals surface area (Å²) in [5.74, 6) is 0.126. The highest BCUT2D eigenvalue weighted by Crippen LogP contribution is 2.46. The summed E-state index contributed by atoms with van der Waals surface area (Å²) >= 11 is 7.04. The third-order valence-electron chi connectivity index (χ3n) is 3.67. The minimum atomic E-state index is -0.593. The van der Waals surface area contributed by atoms with Gasteiger partial charge < -0.3 is 5.11 Å². The van der Waals surface area contributed by atoms with Gasteiger partial charge in [-0.1, -0.05) is 29.4 Å². The maximum atomic E-state index is 12.3. The Balaban J connectivity index is 2.16. The molecule has 0 amide bonds. The second-order valence-electron chi connectivity index (χ2n) is 5.73. The van der Waals surface area contributed by atoms with E-state index in [1.165, 1.54) is 0 Å². The fraction of sp³-hybridized carbons (Fsp3) is 0.250. The van der Waals surface area contributed by atoms with E-state index in [4.69, 9.17) is 11.6 Å². The molecule has 1 aliphatic heterocycles. The molecule has 0 unspecified atom stereocenters. The summed E-state index contributed by atoms with van der Waals surface area (Å²) in [6.07, 6.45) is 3.25. The third kappa shape index (κ3) is 2.44. The Morgan fingerprint density at radius 1 is 1.36 bits per heavy atom. The van der Waals surface area contributed by atoms with E-state index < -0.39 is 4.75 Å². The lowest BCUT2D eigenvalue weighted by atomic mass is 9.96. The summed E-state index contributed by atoms with van der Waals surface area (Å²) in [4.78, 5) is 12.3. The van der Waals surface area contributed by atoms with Crippen molar-refractivity contribution in [1.29, 1.82) is 0 Å². The summed E-state index contributed by atoms with van der Waals surface area (Å²) in [6.45, 7) is 5.59. The molecule has 2 heterocycles. The first-order valence-electron chi connectivity index (χ1n) is 6.78. The van der Waals surface area contributed by atoms with Gasteiger partial charge in [-0.25, -0.2) is 4.68 Å². The van der Waals surface area contributed by atoms with Gasteiger partial charge in [0.15, 0.2) is 0 Å². The molecule has 22 heavy (non-hydrogen) atoms. The summed E-state index contributed by atoms with van der Waals surface area (Å²) in [7, 11) is 0. The lowest BCUT2D eigenvalue weighted by Gasteiger charge is -2.15. The second-order valence-corrected chi connectivity index (χ2v) is 7.76. The van der Waals surface area contributed by atoms with Crippen LogP contribution >= 0.6 is 23.4 Å². The minimum Gasteiger partial charge on any atom is -0.510 e. The van der Waals surface area contributed by atoms with E-state index in [9.17, 15) is 9.90 Å². The molecule has 3 rings (SSSR count). The SMILES string of the molecule is Cc1ccc(-n2cc(Cl)cn2)cc1C1=C(O)C(C)(C)SC1=O. The minimum absolute atomic E-state index is 0.110. The van der Waals surface area contributed by atoms with E-state index in [-0.39, 0.29) is 10.9 Å². The van der Waals surface area contributed by atoms with E-state index >= 15 is 0 Å². The summed E-state index contributed by atoms with van der Waals surface area (Å²) in [5, 5.41) is 15.0. The van der Waals surface area contributed by atoms with Crippen LogP contribution in [0.1, 0.15) is 25.0 Å². The van der Waals surface area contributed by atoms with Gasteiger partial charge in [0.05, 0.1) is 27.2 Å². The van der Waals surface area contributed by atoms with Gasteiger partial charge in [-0.05, 0) is 44.0 Å². The molecule has 114 valence electrons. The van der Waals surface area contributed by atoms with E-state index in [2.05, 4.69) is 5.10 Å². The first-order valence-corrected chi connectivity index (χ1v) is 7.97. The fourth-order valence-corrected chi connectivity index (χ4v) is 3.54. The number of nitrogens with zero attached hydrogens (tertiary/aromatic N) is 2. The summed E-state index contributed by atoms with van der Waals surface area (Å²) in [6, 6.07) is 5.66. The van der Waals surface area contributed by atoms with Gasteiger partial charge in [0, 0.05) is 6.20 Å². The Kier molecular flexibility index (Phi) is 3.57. The molecule has 0 radical (unpaired) electrons. The first-order chi connectivity index (χ1) is 10.3. The highest BCUT2D eigenvalue weighted by molar-refractivity contribution is 8.16. The zero-order valence-electron chi connectivity index (χ0n) is 12.4. The van der Waals surface area contributed by atoms with Crippen molar-refractivity contribution in [3.8, 4) is 5.69 Å². The number of carbonyl (C=O) groups excluding carboxylic acids is 1. The molecule has 4 nitrogen and oxygen atoms in total. The van der Waals surface area contributed by atoms with Crippen LogP contribution in [-0.2, 0) is 4.79 Å². The fourth-order valence-electron chi connectivity index (χ4n) is 2.43. The topological polar surface area (TPSA) is 55.1 Å². The quantitative estimate of drug-likeness (QED) is 0.896. The first kappa shape index (κ1) is 15.2. The second kappa shape index (κ2) is 5.18. The van der Waals surface area contributed by atoms with E-state index in [1.807, 2.05) is 39.0 Å². The Bertz CT molecular complexity index is 808. The van der Waals surface area contributed by atoms with Crippen molar-refractivity contribution in [1.82, 2.24) is 9.78 Å². The normalized spacial score (nSPS) is 17.4. The average molecular weight is 335 g/mol. The number of hydrogen-bond acceptors (Lipinski definition) is 4. The number of thioether (sulfide) groups is 1. The molecule has 0 bridgehead atoms. The van der Waals surface area contributed by atoms with Crippen LogP contribution in [0.3, 0.4) is 0 Å². The van der Waals surface area contributed by atoms with Crippen LogP contribution in [0.5, 0.6) is 0 Å². The maximum Gasteiger partial charge on any atom is 0.224 e. The molecule has 1 aromatic heterocycles. The van der Waals surface area contributed by atoms with Crippen molar-refractivity contribution in [2.45, 2.75) is 25.5 Å². The van der Waals surface area contributed by atoms with Gasteiger partial charge in [-0.2, -0.15) is 5.10 Å². The Hall–Kier alpha value is -1.72. The van der Waals surface area contributed by atoms with E-state index in [0.717, 1.165) is 28.6 Å². The van der Waals surface area contributed by atoms with Gasteiger partial charge in [0.1, 0.15) is 5.76 Å². The Morgan fingerprint density at radius 3 is 2.64 bits per heavy atom. The molecule has 0 atom stereocenters. The van der Waals surface area contributed by atoms with Crippen molar-refractivity contribution in [2.75, 3.05) is 0 Å². The molecule has 0 saturated heterocycles. The van der Waals surface area contributed by atoms with Crippen LogP contribution in [0.15, 0.2) is 36.4 Å². The van der Waals surface area contributed by atoms with Crippen LogP contribution < -0.4 is 0 Å². The molecule has 1 N–H and O–H groups in total. The highest BCUT2D eigenvalue weighted by Gasteiger charge is 2.40. The number of rotatable bonds is 2. The molecular formula is C16H15ClN2O2S. The van der Waals surface area contributed by atoms with Crippen LogP contribution in [0.2, 0.25) is 5.02 Å². The van der Waals surface area contributed by atoms with Crippen molar-refractivity contribution >= 4 is 34.1 Å². The third-order valence-corrected chi connectivity index (χ3v) is 4.95. The molecule has 2 aromatic rings. The number of aromatic nitrogens is 2. The van der Waals surface area contributed by atoms with Gasteiger partial charge in [0.25, 0.3) is 0 Å². The standard InChI is InChI=1S/C16H15ClN2O2S/c1-9-4-5-11(19-8-10(17)7-18-19)6-12(9)13-14(20)16(2,3)22-15(13)21/h4-8,20H,1-3H3. The largest absolute Gasteiger partial charge is 0.510 e. The number of carbonyl (C=O) groups is 1. The van der Waals surface area contributed by atoms with Crippen molar-refractivity contribution in [3.05, 3.63) is 52.5 Å². The zero-order chi connectivity index (χ0) is 16.1. The number of hydrogen-bond donors (Lipinski definition) is 1. The molecule has 0 spiro atoms. The number of aliphatic hydroxyl groups excluding tert-OH is 1. The summed E-state index contributed by atoms with van der Waals surface area (Å²) in [5.41, 5.74) is 2.82.